The first kappa shape index (κ1) is 28.6. The van der Waals surface area contributed by atoms with Crippen molar-refractivity contribution in [1.29, 1.82) is 0 Å². The van der Waals surface area contributed by atoms with Gasteiger partial charge in [0.25, 0.3) is 0 Å². The number of hydrogen-bond acceptors (Lipinski definition) is 4. The summed E-state index contributed by atoms with van der Waals surface area (Å²) in [6, 6.07) is 26.7. The molecule has 2 atom stereocenters. The number of esters is 1. The third-order valence-electron chi connectivity index (χ3n) is 8.01. The van der Waals surface area contributed by atoms with Crippen LogP contribution < -0.4 is 10.2 Å². The number of benzene rings is 4. The van der Waals surface area contributed by atoms with Gasteiger partial charge in [-0.25, -0.2) is 4.79 Å². The predicted octanol–water partition coefficient (Wildman–Crippen LogP) is 8.06. The highest BCUT2D eigenvalue weighted by atomic mass is 35.5. The van der Waals surface area contributed by atoms with Gasteiger partial charge in [0.2, 0.25) is 0 Å². The highest BCUT2D eigenvalue weighted by molar-refractivity contribution is 6.40. The number of methoxy groups -OCH3 is 1. The van der Waals surface area contributed by atoms with Crippen LogP contribution in [0.2, 0.25) is 15.1 Å². The summed E-state index contributed by atoms with van der Waals surface area (Å²) in [5.74, 6) is -0.858. The standard InChI is InChI=1S/C33H28Cl3N3O3/c1-42-32(40)26-19-38(17-20-8-3-2-4-9-20)18-25(26)21-14-23(22-10-5-6-11-27(22)34)24-16-37-33(41)39(30(24)15-21)31-28(35)12-7-13-29(31)36/h2-15,25-26H,16-19H2,1H3,(H,37,41). The van der Waals surface area contributed by atoms with Crippen molar-refractivity contribution in [3.8, 4) is 11.1 Å². The van der Waals surface area contributed by atoms with Crippen molar-refractivity contribution >= 4 is 58.2 Å². The van der Waals surface area contributed by atoms with Crippen LogP contribution in [0.25, 0.3) is 11.1 Å². The average Bonchev–Trinajstić information content (AvgIpc) is 3.41. The van der Waals surface area contributed by atoms with E-state index in [1.54, 1.807) is 18.2 Å². The monoisotopic (exact) mass is 619 g/mol. The molecule has 2 aliphatic rings. The van der Waals surface area contributed by atoms with E-state index in [0.29, 0.717) is 52.6 Å². The van der Waals surface area contributed by atoms with Gasteiger partial charge in [0.05, 0.1) is 34.4 Å². The van der Waals surface area contributed by atoms with Gasteiger partial charge in [-0.3, -0.25) is 14.6 Å². The van der Waals surface area contributed by atoms with Crippen molar-refractivity contribution in [3.05, 3.63) is 117 Å². The molecule has 2 aliphatic heterocycles. The molecule has 0 bridgehead atoms. The molecule has 9 heteroatoms. The van der Waals surface area contributed by atoms with Crippen LogP contribution in [0.3, 0.4) is 0 Å². The Morgan fingerprint density at radius 2 is 1.57 bits per heavy atom. The summed E-state index contributed by atoms with van der Waals surface area (Å²) >= 11 is 20.0. The van der Waals surface area contributed by atoms with Crippen LogP contribution >= 0.6 is 34.8 Å². The lowest BCUT2D eigenvalue weighted by Crippen LogP contribution is -2.42. The molecular formula is C33H28Cl3N3O3. The van der Waals surface area contributed by atoms with E-state index in [1.807, 2.05) is 48.5 Å². The van der Waals surface area contributed by atoms with Crippen LogP contribution in [0.15, 0.2) is 84.9 Å². The molecule has 0 spiro atoms. The molecule has 0 saturated carbocycles. The van der Waals surface area contributed by atoms with Crippen molar-refractivity contribution in [1.82, 2.24) is 10.2 Å². The van der Waals surface area contributed by atoms with Gasteiger partial charge in [-0.15, -0.1) is 0 Å². The molecule has 2 heterocycles. The zero-order chi connectivity index (χ0) is 29.4. The summed E-state index contributed by atoms with van der Waals surface area (Å²) in [5, 5.41) is 4.25. The van der Waals surface area contributed by atoms with Crippen molar-refractivity contribution in [2.45, 2.75) is 19.0 Å². The van der Waals surface area contributed by atoms with E-state index < -0.39 is 5.92 Å². The van der Waals surface area contributed by atoms with E-state index >= 15 is 0 Å². The normalized spacial score (nSPS) is 18.5. The van der Waals surface area contributed by atoms with Crippen LogP contribution in [0, 0.1) is 5.92 Å². The Labute approximate surface area is 259 Å². The molecule has 6 rings (SSSR count). The number of nitrogens with zero attached hydrogens (tertiary/aromatic N) is 2. The molecule has 2 amide bonds. The first-order chi connectivity index (χ1) is 20.4. The molecule has 4 aromatic rings. The number of carbonyl (C=O) groups excluding carboxylic acids is 2. The van der Waals surface area contributed by atoms with Gasteiger partial charge in [0, 0.05) is 48.2 Å². The number of para-hydroxylation sites is 1. The zero-order valence-electron chi connectivity index (χ0n) is 22.8. The fourth-order valence-corrected chi connectivity index (χ4v) is 6.86. The molecule has 6 nitrogen and oxygen atoms in total. The second-order valence-electron chi connectivity index (χ2n) is 10.5. The quantitative estimate of drug-likeness (QED) is 0.222. The van der Waals surface area contributed by atoms with Gasteiger partial charge in [-0.1, -0.05) is 95.5 Å². The van der Waals surface area contributed by atoms with Crippen LogP contribution in [-0.2, 0) is 22.6 Å². The Morgan fingerprint density at radius 1 is 0.881 bits per heavy atom. The minimum Gasteiger partial charge on any atom is -0.469 e. The number of likely N-dealkylation sites (tertiary alicyclic amines) is 1. The van der Waals surface area contributed by atoms with Gasteiger partial charge in [-0.2, -0.15) is 0 Å². The molecule has 2 unspecified atom stereocenters. The Bertz CT molecular complexity index is 1640. The van der Waals surface area contributed by atoms with Gasteiger partial charge >= 0.3 is 12.0 Å². The number of fused-ring (bicyclic) bond motifs is 1. The fraction of sp³-hybridized carbons (Fsp3) is 0.212. The summed E-state index contributed by atoms with van der Waals surface area (Å²) in [6.07, 6.45) is 0. The highest BCUT2D eigenvalue weighted by Crippen LogP contribution is 2.47. The van der Waals surface area contributed by atoms with Crippen molar-refractivity contribution < 1.29 is 14.3 Å². The number of rotatable bonds is 6. The largest absolute Gasteiger partial charge is 0.469 e. The SMILES string of the molecule is COC(=O)C1CN(Cc2ccccc2)CC1c1cc(-c2ccccc2Cl)c2c(c1)N(c1c(Cl)cccc1Cl)C(=O)NC2. The van der Waals surface area contributed by atoms with E-state index in [-0.39, 0.29) is 17.9 Å². The Kier molecular flexibility index (Phi) is 8.15. The minimum atomic E-state index is -0.398. The summed E-state index contributed by atoms with van der Waals surface area (Å²) < 4.78 is 5.27. The second-order valence-corrected chi connectivity index (χ2v) is 11.7. The summed E-state index contributed by atoms with van der Waals surface area (Å²) in [4.78, 5) is 30.4. The number of ether oxygens (including phenoxy) is 1. The molecule has 1 fully saturated rings. The number of halogens is 3. The third-order valence-corrected chi connectivity index (χ3v) is 8.95. The van der Waals surface area contributed by atoms with Gasteiger partial charge in [0.1, 0.15) is 0 Å². The molecule has 214 valence electrons. The average molecular weight is 621 g/mol. The molecule has 42 heavy (non-hydrogen) atoms. The van der Waals surface area contributed by atoms with Gasteiger partial charge < -0.3 is 10.1 Å². The number of urea groups is 1. The van der Waals surface area contributed by atoms with Crippen molar-refractivity contribution in [2.24, 2.45) is 5.92 Å². The molecule has 0 radical (unpaired) electrons. The molecule has 1 saturated heterocycles. The summed E-state index contributed by atoms with van der Waals surface area (Å²) in [7, 11) is 1.42. The molecule has 0 aromatic heterocycles. The lowest BCUT2D eigenvalue weighted by Gasteiger charge is -2.34. The maximum absolute atomic E-state index is 13.5. The molecule has 1 N–H and O–H groups in total. The topological polar surface area (TPSA) is 61.9 Å². The van der Waals surface area contributed by atoms with Crippen LogP contribution in [0.5, 0.6) is 0 Å². The van der Waals surface area contributed by atoms with E-state index in [9.17, 15) is 9.59 Å². The molecule has 0 aliphatic carbocycles. The Morgan fingerprint density at radius 3 is 2.29 bits per heavy atom. The number of carbonyl (C=O) groups is 2. The predicted molar refractivity (Wildman–Crippen MR) is 168 cm³/mol. The van der Waals surface area contributed by atoms with E-state index in [2.05, 4.69) is 28.4 Å². The zero-order valence-corrected chi connectivity index (χ0v) is 25.1. The van der Waals surface area contributed by atoms with E-state index in [1.165, 1.54) is 17.6 Å². The second kappa shape index (κ2) is 12.0. The van der Waals surface area contributed by atoms with E-state index in [4.69, 9.17) is 39.5 Å². The van der Waals surface area contributed by atoms with Crippen LogP contribution in [-0.4, -0.2) is 37.1 Å². The highest BCUT2D eigenvalue weighted by Gasteiger charge is 2.41. The molecular weight excluding hydrogens is 593 g/mol. The summed E-state index contributed by atoms with van der Waals surface area (Å²) in [5.41, 5.74) is 5.67. The van der Waals surface area contributed by atoms with Gasteiger partial charge in [0.15, 0.2) is 0 Å². The fourth-order valence-electron chi connectivity index (χ4n) is 6.06. The Balaban J connectivity index is 1.52. The first-order valence-corrected chi connectivity index (χ1v) is 14.8. The van der Waals surface area contributed by atoms with Gasteiger partial charge in [-0.05, 0) is 41.0 Å². The van der Waals surface area contributed by atoms with E-state index in [0.717, 1.165) is 22.3 Å². The maximum atomic E-state index is 13.5. The van der Waals surface area contributed by atoms with Crippen molar-refractivity contribution in [3.63, 3.8) is 0 Å². The lowest BCUT2D eigenvalue weighted by atomic mass is 9.84. The molecule has 4 aromatic carbocycles. The smallest absolute Gasteiger partial charge is 0.326 e. The Hall–Kier alpha value is -3.55. The number of amides is 2. The lowest BCUT2D eigenvalue weighted by molar-refractivity contribution is -0.145. The van der Waals surface area contributed by atoms with Crippen molar-refractivity contribution in [2.75, 3.05) is 25.1 Å². The first-order valence-electron chi connectivity index (χ1n) is 13.6. The number of hydrogen-bond donors (Lipinski definition) is 1. The van der Waals surface area contributed by atoms with Crippen LogP contribution in [0.1, 0.15) is 22.6 Å². The minimum absolute atomic E-state index is 0.193. The summed E-state index contributed by atoms with van der Waals surface area (Å²) in [6.45, 7) is 2.18. The third kappa shape index (κ3) is 5.36. The number of nitrogens with one attached hydrogen (secondary N) is 1. The van der Waals surface area contributed by atoms with Crippen LogP contribution in [0.4, 0.5) is 16.2 Å². The number of anilines is 2. The maximum Gasteiger partial charge on any atom is 0.326 e.